The lowest BCUT2D eigenvalue weighted by Crippen LogP contribution is -2.52. The first-order chi connectivity index (χ1) is 8.66. The van der Waals surface area contributed by atoms with Crippen molar-refractivity contribution in [1.82, 2.24) is 9.55 Å². The Balaban J connectivity index is 1.77. The molecule has 0 saturated heterocycles. The molecule has 4 aliphatic rings. The van der Waals surface area contributed by atoms with Gasteiger partial charge in [-0.1, -0.05) is 0 Å². The molecule has 3 heteroatoms. The quantitative estimate of drug-likeness (QED) is 0.870. The number of nitrogens with zero attached hydrogens (tertiary/aromatic N) is 2. The van der Waals surface area contributed by atoms with Crippen molar-refractivity contribution in [3.05, 3.63) is 18.2 Å². The van der Waals surface area contributed by atoms with E-state index in [1.807, 2.05) is 12.5 Å². The lowest BCUT2D eigenvalue weighted by atomic mass is 9.53. The molecule has 2 N–H and O–H groups in total. The van der Waals surface area contributed by atoms with Gasteiger partial charge in [0.25, 0.3) is 0 Å². The summed E-state index contributed by atoms with van der Waals surface area (Å²) in [4.78, 5) is 4.38. The maximum Gasteiger partial charge on any atom is 0.0953 e. The SMILES string of the molecule is C[C@H](N)c1cncn1C12CC3CC(CC(C3)C1)C2. The van der Waals surface area contributed by atoms with Crippen LogP contribution in [0.5, 0.6) is 0 Å². The maximum absolute atomic E-state index is 6.12. The van der Waals surface area contributed by atoms with Crippen molar-refractivity contribution in [2.75, 3.05) is 0 Å². The summed E-state index contributed by atoms with van der Waals surface area (Å²) in [6.45, 7) is 2.08. The molecule has 0 spiro atoms. The highest BCUT2D eigenvalue weighted by atomic mass is 15.1. The molecule has 3 nitrogen and oxygen atoms in total. The van der Waals surface area contributed by atoms with E-state index in [2.05, 4.69) is 16.5 Å². The van der Waals surface area contributed by atoms with Gasteiger partial charge in [0.15, 0.2) is 0 Å². The molecule has 1 atom stereocenters. The van der Waals surface area contributed by atoms with Gasteiger partial charge in [-0.05, 0) is 63.2 Å². The van der Waals surface area contributed by atoms with Gasteiger partial charge in [0, 0.05) is 17.8 Å². The van der Waals surface area contributed by atoms with E-state index in [0.29, 0.717) is 5.54 Å². The number of nitrogens with two attached hydrogens (primary N) is 1. The van der Waals surface area contributed by atoms with Crippen LogP contribution in [0.25, 0.3) is 0 Å². The monoisotopic (exact) mass is 245 g/mol. The second kappa shape index (κ2) is 3.60. The molecule has 4 aliphatic carbocycles. The zero-order valence-corrected chi connectivity index (χ0v) is 11.2. The van der Waals surface area contributed by atoms with E-state index in [0.717, 1.165) is 17.8 Å². The maximum atomic E-state index is 6.12. The third-order valence-corrected chi connectivity index (χ3v) is 5.65. The fourth-order valence-electron chi connectivity index (χ4n) is 5.40. The van der Waals surface area contributed by atoms with Gasteiger partial charge in [0.05, 0.1) is 12.0 Å². The van der Waals surface area contributed by atoms with Crippen molar-refractivity contribution >= 4 is 0 Å². The Labute approximate surface area is 109 Å². The average Bonchev–Trinajstić information content (AvgIpc) is 2.76. The Morgan fingerprint density at radius 3 is 2.28 bits per heavy atom. The minimum atomic E-state index is 0.0977. The van der Waals surface area contributed by atoms with Crippen LogP contribution in [0.4, 0.5) is 0 Å². The van der Waals surface area contributed by atoms with E-state index >= 15 is 0 Å². The Morgan fingerprint density at radius 2 is 1.78 bits per heavy atom. The summed E-state index contributed by atoms with van der Waals surface area (Å²) in [5.74, 6) is 2.92. The van der Waals surface area contributed by atoms with Crippen molar-refractivity contribution < 1.29 is 0 Å². The Hall–Kier alpha value is -0.830. The van der Waals surface area contributed by atoms with E-state index in [4.69, 9.17) is 5.73 Å². The van der Waals surface area contributed by atoms with Gasteiger partial charge in [-0.25, -0.2) is 4.98 Å². The van der Waals surface area contributed by atoms with Gasteiger partial charge in [-0.3, -0.25) is 0 Å². The lowest BCUT2D eigenvalue weighted by molar-refractivity contribution is -0.0446. The van der Waals surface area contributed by atoms with Crippen LogP contribution in [0.1, 0.15) is 57.2 Å². The Bertz CT molecular complexity index is 425. The van der Waals surface area contributed by atoms with Crippen molar-refractivity contribution in [1.29, 1.82) is 0 Å². The fourth-order valence-corrected chi connectivity index (χ4v) is 5.40. The minimum absolute atomic E-state index is 0.0977. The summed E-state index contributed by atoms with van der Waals surface area (Å²) < 4.78 is 2.46. The number of imidazole rings is 1. The molecule has 0 aromatic carbocycles. The van der Waals surface area contributed by atoms with Gasteiger partial charge in [-0.15, -0.1) is 0 Å². The molecule has 4 saturated carbocycles. The van der Waals surface area contributed by atoms with Crippen molar-refractivity contribution in [3.8, 4) is 0 Å². The number of aromatic nitrogens is 2. The molecule has 1 heterocycles. The molecule has 98 valence electrons. The second-order valence-electron chi connectivity index (χ2n) is 7.12. The molecule has 0 aliphatic heterocycles. The summed E-state index contributed by atoms with van der Waals surface area (Å²) in [5.41, 5.74) is 7.72. The molecule has 0 amide bonds. The fraction of sp³-hybridized carbons (Fsp3) is 0.800. The zero-order valence-electron chi connectivity index (χ0n) is 11.2. The number of rotatable bonds is 2. The van der Waals surface area contributed by atoms with Crippen molar-refractivity contribution in [3.63, 3.8) is 0 Å². The summed E-state index contributed by atoms with van der Waals surface area (Å²) >= 11 is 0. The van der Waals surface area contributed by atoms with Crippen LogP contribution in [0, 0.1) is 17.8 Å². The highest BCUT2D eigenvalue weighted by molar-refractivity contribution is 5.13. The summed E-state index contributed by atoms with van der Waals surface area (Å²) in [7, 11) is 0. The van der Waals surface area contributed by atoms with E-state index in [1.54, 1.807) is 0 Å². The number of hydrogen-bond acceptors (Lipinski definition) is 2. The summed E-state index contributed by atoms with van der Waals surface area (Å²) in [6.07, 6.45) is 12.6. The third kappa shape index (κ3) is 1.43. The Kier molecular flexibility index (Phi) is 2.20. The molecule has 0 radical (unpaired) electrons. The minimum Gasteiger partial charge on any atom is -0.327 e. The molecular formula is C15H23N3. The van der Waals surface area contributed by atoms with E-state index in [9.17, 15) is 0 Å². The van der Waals surface area contributed by atoms with Crippen molar-refractivity contribution in [2.45, 2.75) is 57.0 Å². The van der Waals surface area contributed by atoms with Gasteiger partial charge in [0.2, 0.25) is 0 Å². The smallest absolute Gasteiger partial charge is 0.0953 e. The van der Waals surface area contributed by atoms with Gasteiger partial charge < -0.3 is 10.3 Å². The second-order valence-corrected chi connectivity index (χ2v) is 7.12. The molecule has 1 aromatic heterocycles. The predicted octanol–water partition coefficient (Wildman–Crippen LogP) is 2.83. The molecule has 18 heavy (non-hydrogen) atoms. The van der Waals surface area contributed by atoms with E-state index in [1.165, 1.54) is 44.2 Å². The lowest BCUT2D eigenvalue weighted by Gasteiger charge is -2.57. The zero-order chi connectivity index (χ0) is 12.3. The highest BCUT2D eigenvalue weighted by Gasteiger charge is 2.52. The van der Waals surface area contributed by atoms with E-state index in [-0.39, 0.29) is 6.04 Å². The van der Waals surface area contributed by atoms with E-state index < -0.39 is 0 Å². The predicted molar refractivity (Wildman–Crippen MR) is 71.0 cm³/mol. The van der Waals surface area contributed by atoms with Gasteiger partial charge >= 0.3 is 0 Å². The Morgan fingerprint density at radius 1 is 1.22 bits per heavy atom. The molecular weight excluding hydrogens is 222 g/mol. The first-order valence-electron chi connectivity index (χ1n) is 7.44. The molecule has 5 rings (SSSR count). The van der Waals surface area contributed by atoms with Crippen LogP contribution in [0.15, 0.2) is 12.5 Å². The largest absolute Gasteiger partial charge is 0.327 e. The molecule has 4 bridgehead atoms. The van der Waals surface area contributed by atoms with Gasteiger partial charge in [-0.2, -0.15) is 0 Å². The highest BCUT2D eigenvalue weighted by Crippen LogP contribution is 2.59. The van der Waals surface area contributed by atoms with Crippen LogP contribution in [0.3, 0.4) is 0 Å². The van der Waals surface area contributed by atoms with Crippen LogP contribution in [0.2, 0.25) is 0 Å². The first kappa shape index (κ1) is 11.0. The van der Waals surface area contributed by atoms with Crippen LogP contribution < -0.4 is 5.73 Å². The standard InChI is InChI=1S/C15H23N3/c1-10(16)14-8-17-9-18(14)15-5-11-2-12(6-15)4-13(3-11)7-15/h8-13H,2-7,16H2,1H3/t10-,11?,12?,13?,15?/m0/s1. The normalized spacial score (nSPS) is 43.3. The molecule has 1 aromatic rings. The van der Waals surface area contributed by atoms with Crippen LogP contribution in [-0.4, -0.2) is 9.55 Å². The number of hydrogen-bond donors (Lipinski definition) is 1. The summed E-state index contributed by atoms with van der Waals surface area (Å²) in [6, 6.07) is 0.0977. The first-order valence-corrected chi connectivity index (χ1v) is 7.44. The molecule has 0 unspecified atom stereocenters. The van der Waals surface area contributed by atoms with Crippen LogP contribution in [-0.2, 0) is 5.54 Å². The van der Waals surface area contributed by atoms with Crippen molar-refractivity contribution in [2.24, 2.45) is 23.5 Å². The molecule has 4 fully saturated rings. The topological polar surface area (TPSA) is 43.8 Å². The average molecular weight is 245 g/mol. The third-order valence-electron chi connectivity index (χ3n) is 5.65. The van der Waals surface area contributed by atoms with Gasteiger partial charge in [0.1, 0.15) is 0 Å². The summed E-state index contributed by atoms with van der Waals surface area (Å²) in [5, 5.41) is 0. The van der Waals surface area contributed by atoms with Crippen LogP contribution >= 0.6 is 0 Å².